The van der Waals surface area contributed by atoms with Crippen LogP contribution in [0.5, 0.6) is 11.6 Å². The molecule has 0 bridgehead atoms. The fourth-order valence-electron chi connectivity index (χ4n) is 3.54. The molecule has 0 unspecified atom stereocenters. The van der Waals surface area contributed by atoms with Gasteiger partial charge in [0.1, 0.15) is 17.0 Å². The van der Waals surface area contributed by atoms with Crippen molar-refractivity contribution in [2.24, 2.45) is 12.5 Å². The van der Waals surface area contributed by atoms with E-state index in [1.165, 1.54) is 30.5 Å². The molecular weight excluding hydrogens is 451 g/mol. The molecule has 0 saturated heterocycles. The highest BCUT2D eigenvalue weighted by molar-refractivity contribution is 6.16. The highest BCUT2D eigenvalue weighted by atomic mass is 19.1. The van der Waals surface area contributed by atoms with Gasteiger partial charge in [0.15, 0.2) is 0 Å². The van der Waals surface area contributed by atoms with Crippen LogP contribution < -0.4 is 15.4 Å². The van der Waals surface area contributed by atoms with E-state index < -0.39 is 23.0 Å². The number of rotatable bonds is 7. The summed E-state index contributed by atoms with van der Waals surface area (Å²) in [6, 6.07) is 12.2. The molecule has 0 aliphatic heterocycles. The van der Waals surface area contributed by atoms with Gasteiger partial charge in [-0.3, -0.25) is 19.3 Å². The minimum Gasteiger partial charge on any atom is -0.439 e. The third kappa shape index (κ3) is 4.86. The largest absolute Gasteiger partial charge is 0.439 e. The van der Waals surface area contributed by atoms with Crippen molar-refractivity contribution in [3.05, 3.63) is 79.1 Å². The number of pyridine rings is 2. The number of hydrogen-bond donors (Lipinski definition) is 2. The molecule has 9 nitrogen and oxygen atoms in total. The Hall–Kier alpha value is -4.60. The molecule has 1 aliphatic carbocycles. The number of halogens is 1. The summed E-state index contributed by atoms with van der Waals surface area (Å²) >= 11 is 0. The van der Waals surface area contributed by atoms with Crippen LogP contribution in [-0.4, -0.2) is 31.6 Å². The Labute approximate surface area is 200 Å². The van der Waals surface area contributed by atoms with E-state index in [0.717, 1.165) is 5.56 Å². The molecule has 3 heterocycles. The van der Waals surface area contributed by atoms with Crippen molar-refractivity contribution in [1.82, 2.24) is 19.7 Å². The molecule has 1 saturated carbocycles. The summed E-state index contributed by atoms with van der Waals surface area (Å²) in [6.45, 7) is 0. The SMILES string of the molecule is Cn1cc(-c2cc(Oc3ccc(NC(=O)C4(C(=O)Nc5ccc(F)cc5)CC4)cn3)ccn2)cn1. The average molecular weight is 472 g/mol. The minimum atomic E-state index is -1.15. The predicted molar refractivity (Wildman–Crippen MR) is 126 cm³/mol. The topological polar surface area (TPSA) is 111 Å². The summed E-state index contributed by atoms with van der Waals surface area (Å²) in [7, 11) is 1.83. The van der Waals surface area contributed by atoms with E-state index in [9.17, 15) is 14.0 Å². The van der Waals surface area contributed by atoms with Gasteiger partial charge in [0.2, 0.25) is 17.7 Å². The summed E-state index contributed by atoms with van der Waals surface area (Å²) in [5, 5.41) is 9.57. The molecule has 2 N–H and O–H groups in total. The van der Waals surface area contributed by atoms with Gasteiger partial charge in [-0.2, -0.15) is 5.10 Å². The molecule has 10 heteroatoms. The van der Waals surface area contributed by atoms with Crippen LogP contribution in [0.25, 0.3) is 11.3 Å². The highest BCUT2D eigenvalue weighted by Gasteiger charge is 2.56. The van der Waals surface area contributed by atoms with E-state index in [-0.39, 0.29) is 0 Å². The Morgan fingerprint density at radius 3 is 2.31 bits per heavy atom. The van der Waals surface area contributed by atoms with Crippen LogP contribution in [0.1, 0.15) is 12.8 Å². The first-order chi connectivity index (χ1) is 16.9. The Morgan fingerprint density at radius 1 is 0.971 bits per heavy atom. The van der Waals surface area contributed by atoms with Gasteiger partial charge in [-0.05, 0) is 49.2 Å². The molecule has 5 rings (SSSR count). The van der Waals surface area contributed by atoms with Gasteiger partial charge >= 0.3 is 0 Å². The molecule has 35 heavy (non-hydrogen) atoms. The first kappa shape index (κ1) is 22.2. The van der Waals surface area contributed by atoms with Crippen LogP contribution in [0.3, 0.4) is 0 Å². The Kier molecular flexibility index (Phi) is 5.69. The molecule has 3 aromatic heterocycles. The number of anilines is 2. The van der Waals surface area contributed by atoms with Gasteiger partial charge in [0, 0.05) is 42.8 Å². The van der Waals surface area contributed by atoms with Gasteiger partial charge in [-0.25, -0.2) is 9.37 Å². The number of ether oxygens (including phenoxy) is 1. The second-order valence-electron chi connectivity index (χ2n) is 8.26. The van der Waals surface area contributed by atoms with Crippen LogP contribution >= 0.6 is 0 Å². The van der Waals surface area contributed by atoms with Crippen LogP contribution in [0.2, 0.25) is 0 Å². The van der Waals surface area contributed by atoms with Crippen molar-refractivity contribution in [2.75, 3.05) is 10.6 Å². The lowest BCUT2D eigenvalue weighted by molar-refractivity contribution is -0.131. The Bertz CT molecular complexity index is 1380. The van der Waals surface area contributed by atoms with Crippen molar-refractivity contribution in [1.29, 1.82) is 0 Å². The van der Waals surface area contributed by atoms with Crippen molar-refractivity contribution in [3.8, 4) is 22.9 Å². The van der Waals surface area contributed by atoms with E-state index in [2.05, 4.69) is 25.7 Å². The summed E-state index contributed by atoms with van der Waals surface area (Å²) in [5.41, 5.74) is 1.30. The number of carbonyl (C=O) groups is 2. The zero-order chi connectivity index (χ0) is 24.4. The number of aryl methyl sites for hydroxylation is 1. The summed E-state index contributed by atoms with van der Waals surface area (Å²) in [4.78, 5) is 34.1. The van der Waals surface area contributed by atoms with Gasteiger partial charge in [-0.1, -0.05) is 0 Å². The number of nitrogens with zero attached hydrogens (tertiary/aromatic N) is 4. The van der Waals surface area contributed by atoms with Crippen molar-refractivity contribution in [3.63, 3.8) is 0 Å². The van der Waals surface area contributed by atoms with E-state index >= 15 is 0 Å². The molecule has 4 aromatic rings. The first-order valence-corrected chi connectivity index (χ1v) is 10.9. The van der Waals surface area contributed by atoms with Gasteiger partial charge in [-0.15, -0.1) is 0 Å². The second-order valence-corrected chi connectivity index (χ2v) is 8.26. The normalized spacial score (nSPS) is 13.7. The minimum absolute atomic E-state index is 0.335. The molecule has 176 valence electrons. The lowest BCUT2D eigenvalue weighted by atomic mass is 10.0. The van der Waals surface area contributed by atoms with E-state index in [4.69, 9.17) is 4.74 Å². The van der Waals surface area contributed by atoms with Gasteiger partial charge < -0.3 is 15.4 Å². The number of amides is 2. The molecule has 0 spiro atoms. The lowest BCUT2D eigenvalue weighted by Crippen LogP contribution is -2.35. The van der Waals surface area contributed by atoms with Gasteiger partial charge in [0.25, 0.3) is 0 Å². The number of benzene rings is 1. The number of carbonyl (C=O) groups excluding carboxylic acids is 2. The standard InChI is InChI=1S/C25H21FN6O3/c1-32-15-16(13-29-32)21-12-20(8-11-27-21)35-22-7-6-19(14-28-22)31-24(34)25(9-10-25)23(33)30-18-4-2-17(26)3-5-18/h2-8,11-15H,9-10H2,1H3,(H,30,33)(H,31,34). The van der Waals surface area contributed by atoms with E-state index in [0.29, 0.717) is 41.5 Å². The van der Waals surface area contributed by atoms with E-state index in [1.54, 1.807) is 41.3 Å². The van der Waals surface area contributed by atoms with Crippen LogP contribution in [-0.2, 0) is 16.6 Å². The van der Waals surface area contributed by atoms with Gasteiger partial charge in [0.05, 0.1) is 23.8 Å². The van der Waals surface area contributed by atoms with Crippen LogP contribution in [0.4, 0.5) is 15.8 Å². The fourth-order valence-corrected chi connectivity index (χ4v) is 3.54. The summed E-state index contributed by atoms with van der Waals surface area (Å²) < 4.78 is 20.6. The fraction of sp³-hybridized carbons (Fsp3) is 0.160. The third-order valence-electron chi connectivity index (χ3n) is 5.67. The molecule has 1 aliphatic rings. The van der Waals surface area contributed by atoms with Crippen molar-refractivity contribution in [2.45, 2.75) is 12.8 Å². The van der Waals surface area contributed by atoms with Crippen LogP contribution in [0.15, 0.2) is 73.3 Å². The second kappa shape index (κ2) is 8.98. The summed E-state index contributed by atoms with van der Waals surface area (Å²) in [5.74, 6) is -0.349. The maximum Gasteiger partial charge on any atom is 0.240 e. The predicted octanol–water partition coefficient (Wildman–Crippen LogP) is 4.17. The first-order valence-electron chi connectivity index (χ1n) is 10.9. The van der Waals surface area contributed by atoms with Crippen LogP contribution in [0, 0.1) is 11.2 Å². The number of nitrogens with one attached hydrogen (secondary N) is 2. The van der Waals surface area contributed by atoms with Crippen molar-refractivity contribution >= 4 is 23.2 Å². The number of aromatic nitrogens is 4. The molecular formula is C25H21FN6O3. The monoisotopic (exact) mass is 472 g/mol. The molecule has 1 aromatic carbocycles. The zero-order valence-electron chi connectivity index (χ0n) is 18.7. The molecule has 2 amide bonds. The number of hydrogen-bond acceptors (Lipinski definition) is 6. The molecule has 0 radical (unpaired) electrons. The third-order valence-corrected chi connectivity index (χ3v) is 5.67. The quantitative estimate of drug-likeness (QED) is 0.391. The average Bonchev–Trinajstić information content (AvgIpc) is 3.57. The molecule has 1 fully saturated rings. The smallest absolute Gasteiger partial charge is 0.240 e. The maximum atomic E-state index is 13.1. The highest BCUT2D eigenvalue weighted by Crippen LogP contribution is 2.47. The maximum absolute atomic E-state index is 13.1. The Balaban J connectivity index is 1.21. The summed E-state index contributed by atoms with van der Waals surface area (Å²) in [6.07, 6.45) is 7.54. The van der Waals surface area contributed by atoms with Crippen molar-refractivity contribution < 1.29 is 18.7 Å². The Morgan fingerprint density at radius 2 is 1.69 bits per heavy atom. The van der Waals surface area contributed by atoms with E-state index in [1.807, 2.05) is 13.2 Å². The zero-order valence-corrected chi connectivity index (χ0v) is 18.7. The lowest BCUT2D eigenvalue weighted by Gasteiger charge is -2.15. The molecule has 0 atom stereocenters.